The molecular weight excluding hydrogens is 339 g/mol. The van der Waals surface area contributed by atoms with Crippen LogP contribution in [0.4, 0.5) is 10.1 Å². The van der Waals surface area contributed by atoms with Crippen molar-refractivity contribution in [3.05, 3.63) is 60.2 Å². The molecule has 0 unspecified atom stereocenters. The van der Waals surface area contributed by atoms with Crippen molar-refractivity contribution in [2.45, 2.75) is 18.6 Å². The number of rotatable bonds is 7. The number of aromatic nitrogens is 3. The van der Waals surface area contributed by atoms with E-state index in [1.54, 1.807) is 31.0 Å². The van der Waals surface area contributed by atoms with E-state index in [0.717, 1.165) is 33.9 Å². The number of benzene rings is 2. The Morgan fingerprint density at radius 1 is 1.08 bits per heavy atom. The average molecular weight is 358 g/mol. The molecule has 1 N–H and O–H groups in total. The number of thioether (sulfide) groups is 1. The summed E-state index contributed by atoms with van der Waals surface area (Å²) in [5.74, 6) is 2.23. The molecule has 5 nitrogen and oxygen atoms in total. The SMILES string of the molecule is CCSc1nnc(CNc2ccc(F)cc2)n1-c1ccc(OC)cc1. The van der Waals surface area contributed by atoms with Crippen molar-refractivity contribution in [1.82, 2.24) is 14.8 Å². The van der Waals surface area contributed by atoms with Gasteiger partial charge in [-0.2, -0.15) is 0 Å². The highest BCUT2D eigenvalue weighted by molar-refractivity contribution is 7.99. The quantitative estimate of drug-likeness (QED) is 0.643. The van der Waals surface area contributed by atoms with Crippen molar-refractivity contribution in [3.8, 4) is 11.4 Å². The van der Waals surface area contributed by atoms with Gasteiger partial charge in [0.05, 0.1) is 13.7 Å². The van der Waals surface area contributed by atoms with Gasteiger partial charge in [0.2, 0.25) is 0 Å². The van der Waals surface area contributed by atoms with Crippen LogP contribution in [0.2, 0.25) is 0 Å². The third-order valence-corrected chi connectivity index (χ3v) is 4.41. The summed E-state index contributed by atoms with van der Waals surface area (Å²) in [6.45, 7) is 2.56. The molecule has 0 aliphatic heterocycles. The second-order valence-electron chi connectivity index (χ2n) is 5.23. The van der Waals surface area contributed by atoms with Crippen LogP contribution in [0.5, 0.6) is 5.75 Å². The molecule has 1 aromatic heterocycles. The minimum atomic E-state index is -0.256. The van der Waals surface area contributed by atoms with Gasteiger partial charge < -0.3 is 10.1 Å². The number of hydrogen-bond acceptors (Lipinski definition) is 5. The second kappa shape index (κ2) is 8.02. The van der Waals surface area contributed by atoms with E-state index < -0.39 is 0 Å². The first-order valence-corrected chi connectivity index (χ1v) is 8.90. The molecule has 3 rings (SSSR count). The van der Waals surface area contributed by atoms with Crippen LogP contribution in [0, 0.1) is 5.82 Å². The third-order valence-electron chi connectivity index (χ3n) is 3.60. The minimum Gasteiger partial charge on any atom is -0.497 e. The second-order valence-corrected chi connectivity index (χ2v) is 6.46. The predicted molar refractivity (Wildman–Crippen MR) is 98.0 cm³/mol. The molecule has 3 aromatic rings. The van der Waals surface area contributed by atoms with Gasteiger partial charge >= 0.3 is 0 Å². The van der Waals surface area contributed by atoms with E-state index in [9.17, 15) is 4.39 Å². The number of halogens is 1. The highest BCUT2D eigenvalue weighted by atomic mass is 32.2. The Morgan fingerprint density at radius 2 is 1.80 bits per heavy atom. The van der Waals surface area contributed by atoms with Crippen LogP contribution >= 0.6 is 11.8 Å². The fraction of sp³-hybridized carbons (Fsp3) is 0.222. The van der Waals surface area contributed by atoms with E-state index in [1.807, 2.05) is 28.8 Å². The van der Waals surface area contributed by atoms with Gasteiger partial charge in [-0.3, -0.25) is 4.57 Å². The Balaban J connectivity index is 1.86. The fourth-order valence-electron chi connectivity index (χ4n) is 2.38. The topological polar surface area (TPSA) is 52.0 Å². The lowest BCUT2D eigenvalue weighted by molar-refractivity contribution is 0.414. The highest BCUT2D eigenvalue weighted by Gasteiger charge is 2.14. The molecule has 0 saturated carbocycles. The third kappa shape index (κ3) is 4.11. The van der Waals surface area contributed by atoms with Crippen LogP contribution in [0.3, 0.4) is 0 Å². The van der Waals surface area contributed by atoms with Crippen molar-refractivity contribution < 1.29 is 9.13 Å². The van der Waals surface area contributed by atoms with Crippen molar-refractivity contribution in [3.63, 3.8) is 0 Å². The standard InChI is InChI=1S/C18H19FN4OS/c1-3-25-18-22-21-17(12-20-14-6-4-13(19)5-7-14)23(18)15-8-10-16(24-2)11-9-15/h4-11,20H,3,12H2,1-2H3. The van der Waals surface area contributed by atoms with Gasteiger partial charge in [0.15, 0.2) is 11.0 Å². The number of anilines is 1. The van der Waals surface area contributed by atoms with E-state index in [2.05, 4.69) is 22.4 Å². The van der Waals surface area contributed by atoms with E-state index in [4.69, 9.17) is 4.74 Å². The molecule has 25 heavy (non-hydrogen) atoms. The van der Waals surface area contributed by atoms with Gasteiger partial charge in [0.25, 0.3) is 0 Å². The Labute approximate surface area is 150 Å². The van der Waals surface area contributed by atoms with Crippen molar-refractivity contribution >= 4 is 17.4 Å². The first kappa shape index (κ1) is 17.3. The molecule has 7 heteroatoms. The average Bonchev–Trinajstić information content (AvgIpc) is 3.04. The Morgan fingerprint density at radius 3 is 2.44 bits per heavy atom. The molecule has 0 bridgehead atoms. The fourth-order valence-corrected chi connectivity index (χ4v) is 3.07. The van der Waals surface area contributed by atoms with E-state index >= 15 is 0 Å². The highest BCUT2D eigenvalue weighted by Crippen LogP contribution is 2.24. The largest absolute Gasteiger partial charge is 0.497 e. The van der Waals surface area contributed by atoms with Crippen LogP contribution in [-0.2, 0) is 6.54 Å². The predicted octanol–water partition coefficient (Wildman–Crippen LogP) is 4.14. The zero-order valence-electron chi connectivity index (χ0n) is 14.1. The smallest absolute Gasteiger partial charge is 0.195 e. The molecule has 0 radical (unpaired) electrons. The molecule has 130 valence electrons. The van der Waals surface area contributed by atoms with E-state index in [1.165, 1.54) is 12.1 Å². The molecule has 0 atom stereocenters. The van der Waals surface area contributed by atoms with Gasteiger partial charge in [-0.1, -0.05) is 18.7 Å². The van der Waals surface area contributed by atoms with Crippen LogP contribution in [0.15, 0.2) is 53.7 Å². The molecule has 0 saturated heterocycles. The maximum Gasteiger partial charge on any atom is 0.195 e. The number of nitrogens with one attached hydrogen (secondary N) is 1. The number of ether oxygens (including phenoxy) is 1. The molecule has 0 spiro atoms. The Kier molecular flexibility index (Phi) is 5.55. The van der Waals surface area contributed by atoms with Crippen LogP contribution in [-0.4, -0.2) is 27.6 Å². The lowest BCUT2D eigenvalue weighted by atomic mass is 10.3. The van der Waals surface area contributed by atoms with Crippen molar-refractivity contribution in [2.75, 3.05) is 18.2 Å². The zero-order chi connectivity index (χ0) is 17.6. The van der Waals surface area contributed by atoms with E-state index in [0.29, 0.717) is 6.54 Å². The maximum atomic E-state index is 13.0. The van der Waals surface area contributed by atoms with Gasteiger partial charge in [-0.05, 0) is 54.3 Å². The van der Waals surface area contributed by atoms with E-state index in [-0.39, 0.29) is 5.82 Å². The number of methoxy groups -OCH3 is 1. The molecular formula is C18H19FN4OS. The molecule has 0 aliphatic rings. The molecule has 2 aromatic carbocycles. The van der Waals surface area contributed by atoms with Gasteiger partial charge in [-0.15, -0.1) is 10.2 Å². The summed E-state index contributed by atoms with van der Waals surface area (Å²) >= 11 is 1.63. The summed E-state index contributed by atoms with van der Waals surface area (Å²) < 4.78 is 20.3. The lowest BCUT2D eigenvalue weighted by Gasteiger charge is -2.11. The summed E-state index contributed by atoms with van der Waals surface area (Å²) in [7, 11) is 1.64. The zero-order valence-corrected chi connectivity index (χ0v) is 14.9. The Bertz CT molecular complexity index is 818. The van der Waals surface area contributed by atoms with Crippen molar-refractivity contribution in [2.24, 2.45) is 0 Å². The van der Waals surface area contributed by atoms with Crippen LogP contribution < -0.4 is 10.1 Å². The van der Waals surface area contributed by atoms with Crippen LogP contribution in [0.1, 0.15) is 12.7 Å². The van der Waals surface area contributed by atoms with Crippen LogP contribution in [0.25, 0.3) is 5.69 Å². The lowest BCUT2D eigenvalue weighted by Crippen LogP contribution is -2.08. The summed E-state index contributed by atoms with van der Waals surface area (Å²) in [5.41, 5.74) is 1.80. The molecule has 1 heterocycles. The first-order valence-electron chi connectivity index (χ1n) is 7.92. The minimum absolute atomic E-state index is 0.256. The molecule has 0 aliphatic carbocycles. The van der Waals surface area contributed by atoms with Crippen molar-refractivity contribution in [1.29, 1.82) is 0 Å². The number of hydrogen-bond donors (Lipinski definition) is 1. The molecule has 0 fully saturated rings. The monoisotopic (exact) mass is 358 g/mol. The van der Waals surface area contributed by atoms with Gasteiger partial charge in [0.1, 0.15) is 11.6 Å². The number of nitrogens with zero attached hydrogens (tertiary/aromatic N) is 3. The summed E-state index contributed by atoms with van der Waals surface area (Å²) in [6, 6.07) is 14.0. The molecule has 0 amide bonds. The summed E-state index contributed by atoms with van der Waals surface area (Å²) in [4.78, 5) is 0. The first-order chi connectivity index (χ1) is 12.2. The maximum absolute atomic E-state index is 13.0. The summed E-state index contributed by atoms with van der Waals surface area (Å²) in [6.07, 6.45) is 0. The van der Waals surface area contributed by atoms with Gasteiger partial charge in [-0.25, -0.2) is 4.39 Å². The Hall–Kier alpha value is -2.54. The van der Waals surface area contributed by atoms with Gasteiger partial charge in [0, 0.05) is 11.4 Å². The normalized spacial score (nSPS) is 10.7. The summed E-state index contributed by atoms with van der Waals surface area (Å²) in [5, 5.41) is 12.7.